The third-order valence-electron chi connectivity index (χ3n) is 3.91. The molecular formula is C19H16N4O3. The van der Waals surface area contributed by atoms with Gasteiger partial charge in [-0.15, -0.1) is 0 Å². The minimum Gasteiger partial charge on any atom is -0.496 e. The van der Waals surface area contributed by atoms with Crippen LogP contribution in [0.5, 0.6) is 5.75 Å². The van der Waals surface area contributed by atoms with Crippen LogP contribution in [0.25, 0.3) is 23.0 Å². The lowest BCUT2D eigenvalue weighted by molar-refractivity contribution is 0.414. The number of nitrogens with zero attached hydrogens (tertiary/aromatic N) is 4. The normalized spacial score (nSPS) is 10.8. The quantitative estimate of drug-likeness (QED) is 0.543. The maximum absolute atomic E-state index is 5.82. The van der Waals surface area contributed by atoms with Gasteiger partial charge in [-0.3, -0.25) is 4.98 Å². The molecule has 1 aromatic carbocycles. The summed E-state index contributed by atoms with van der Waals surface area (Å²) in [6, 6.07) is 13.1. The van der Waals surface area contributed by atoms with Gasteiger partial charge in [-0.1, -0.05) is 23.4 Å². The molecule has 0 atom stereocenters. The lowest BCUT2D eigenvalue weighted by Crippen LogP contribution is -1.94. The van der Waals surface area contributed by atoms with Crippen LogP contribution in [0.3, 0.4) is 0 Å². The Kier molecular flexibility index (Phi) is 4.18. The van der Waals surface area contributed by atoms with Gasteiger partial charge in [0.05, 0.1) is 24.8 Å². The molecule has 0 N–H and O–H groups in total. The molecule has 0 fully saturated rings. The zero-order chi connectivity index (χ0) is 17.9. The molecule has 0 spiro atoms. The lowest BCUT2D eigenvalue weighted by Gasteiger charge is -2.03. The van der Waals surface area contributed by atoms with Crippen LogP contribution >= 0.6 is 0 Å². The van der Waals surface area contributed by atoms with E-state index in [0.717, 1.165) is 11.3 Å². The van der Waals surface area contributed by atoms with Crippen molar-refractivity contribution in [2.75, 3.05) is 7.11 Å². The predicted octanol–water partition coefficient (Wildman–Crippen LogP) is 3.69. The first-order chi connectivity index (χ1) is 12.7. The predicted molar refractivity (Wildman–Crippen MR) is 93.6 cm³/mol. The average molecular weight is 348 g/mol. The van der Waals surface area contributed by atoms with Crippen molar-refractivity contribution in [3.63, 3.8) is 0 Å². The van der Waals surface area contributed by atoms with Crippen molar-refractivity contribution in [2.24, 2.45) is 0 Å². The number of hydrogen-bond acceptors (Lipinski definition) is 7. The molecule has 4 aromatic rings. The molecule has 0 amide bonds. The molecule has 26 heavy (non-hydrogen) atoms. The van der Waals surface area contributed by atoms with Gasteiger partial charge >= 0.3 is 0 Å². The summed E-state index contributed by atoms with van der Waals surface area (Å²) >= 11 is 0. The van der Waals surface area contributed by atoms with Gasteiger partial charge in [0.2, 0.25) is 5.89 Å². The van der Waals surface area contributed by atoms with Gasteiger partial charge in [0, 0.05) is 6.20 Å². The van der Waals surface area contributed by atoms with Gasteiger partial charge in [-0.2, -0.15) is 4.98 Å². The molecule has 3 heterocycles. The zero-order valence-corrected chi connectivity index (χ0v) is 14.3. The van der Waals surface area contributed by atoms with E-state index in [2.05, 4.69) is 20.1 Å². The number of pyridine rings is 1. The topological polar surface area (TPSA) is 87.1 Å². The SMILES string of the molecule is COc1ccccc1-c1nc(Cc2noc(-c3ccccn3)n2)c(C)o1. The highest BCUT2D eigenvalue weighted by atomic mass is 16.5. The Bertz CT molecular complexity index is 1020. The molecular weight excluding hydrogens is 332 g/mol. The monoisotopic (exact) mass is 348 g/mol. The number of benzene rings is 1. The third-order valence-corrected chi connectivity index (χ3v) is 3.91. The summed E-state index contributed by atoms with van der Waals surface area (Å²) in [5.74, 6) is 2.82. The van der Waals surface area contributed by atoms with Crippen molar-refractivity contribution in [3.8, 4) is 28.8 Å². The zero-order valence-electron chi connectivity index (χ0n) is 14.3. The van der Waals surface area contributed by atoms with E-state index in [1.54, 1.807) is 13.3 Å². The summed E-state index contributed by atoms with van der Waals surface area (Å²) in [6.07, 6.45) is 2.08. The first-order valence-corrected chi connectivity index (χ1v) is 8.08. The highest BCUT2D eigenvalue weighted by Gasteiger charge is 2.18. The Balaban J connectivity index is 1.60. The fourth-order valence-electron chi connectivity index (χ4n) is 2.60. The van der Waals surface area contributed by atoms with E-state index in [9.17, 15) is 0 Å². The van der Waals surface area contributed by atoms with Crippen molar-refractivity contribution in [1.82, 2.24) is 20.1 Å². The second-order valence-corrected chi connectivity index (χ2v) is 5.63. The molecule has 0 aliphatic carbocycles. The molecule has 0 aliphatic heterocycles. The maximum Gasteiger partial charge on any atom is 0.276 e. The smallest absolute Gasteiger partial charge is 0.276 e. The standard InChI is InChI=1S/C19H16N4O3/c1-12-15(21-18(25-12)13-7-3-4-9-16(13)24-2)11-17-22-19(26-23-17)14-8-5-6-10-20-14/h3-10H,11H2,1-2H3. The highest BCUT2D eigenvalue weighted by Crippen LogP contribution is 2.30. The number of oxazole rings is 1. The van der Waals surface area contributed by atoms with Crippen LogP contribution in [0.1, 0.15) is 17.3 Å². The Hall–Kier alpha value is -3.48. The highest BCUT2D eigenvalue weighted by molar-refractivity contribution is 5.63. The number of rotatable bonds is 5. The lowest BCUT2D eigenvalue weighted by atomic mass is 10.2. The summed E-state index contributed by atoms with van der Waals surface area (Å²) in [5.41, 5.74) is 2.18. The van der Waals surface area contributed by atoms with Crippen LogP contribution < -0.4 is 4.74 Å². The number of aryl methyl sites for hydroxylation is 1. The van der Waals surface area contributed by atoms with Crippen LogP contribution in [-0.2, 0) is 6.42 Å². The third kappa shape index (κ3) is 3.06. The van der Waals surface area contributed by atoms with Gasteiger partial charge in [-0.25, -0.2) is 4.98 Å². The second kappa shape index (κ2) is 6.79. The summed E-state index contributed by atoms with van der Waals surface area (Å²) in [5, 5.41) is 4.01. The van der Waals surface area contributed by atoms with E-state index in [1.165, 1.54) is 0 Å². The van der Waals surface area contributed by atoms with E-state index >= 15 is 0 Å². The number of ether oxygens (including phenoxy) is 1. The minimum absolute atomic E-state index is 0.381. The van der Waals surface area contributed by atoms with Gasteiger partial charge in [0.1, 0.15) is 17.2 Å². The molecule has 7 nitrogen and oxygen atoms in total. The van der Waals surface area contributed by atoms with E-state index in [1.807, 2.05) is 49.4 Å². The van der Waals surface area contributed by atoms with E-state index in [4.69, 9.17) is 13.7 Å². The van der Waals surface area contributed by atoms with E-state index < -0.39 is 0 Å². The summed E-state index contributed by atoms with van der Waals surface area (Å²) in [4.78, 5) is 13.2. The minimum atomic E-state index is 0.381. The Morgan fingerprint density at radius 2 is 1.85 bits per heavy atom. The Labute approximate surface area is 149 Å². The molecule has 0 saturated carbocycles. The van der Waals surface area contributed by atoms with Gasteiger partial charge in [-0.05, 0) is 31.2 Å². The molecule has 0 saturated heterocycles. The number of hydrogen-bond donors (Lipinski definition) is 0. The Morgan fingerprint density at radius 3 is 2.65 bits per heavy atom. The van der Waals surface area contributed by atoms with Crippen LogP contribution in [0.15, 0.2) is 57.6 Å². The van der Waals surface area contributed by atoms with Crippen LogP contribution in [0, 0.1) is 6.92 Å². The van der Waals surface area contributed by atoms with Gasteiger partial charge in [0.25, 0.3) is 5.89 Å². The van der Waals surface area contributed by atoms with Crippen LogP contribution in [-0.4, -0.2) is 27.2 Å². The Morgan fingerprint density at radius 1 is 1.00 bits per heavy atom. The molecule has 0 radical (unpaired) electrons. The first kappa shape index (κ1) is 16.0. The molecule has 0 aliphatic rings. The maximum atomic E-state index is 5.82. The van der Waals surface area contributed by atoms with E-state index in [-0.39, 0.29) is 0 Å². The fourth-order valence-corrected chi connectivity index (χ4v) is 2.60. The number of methoxy groups -OCH3 is 1. The van der Waals surface area contributed by atoms with Crippen LogP contribution in [0.2, 0.25) is 0 Å². The van der Waals surface area contributed by atoms with Crippen molar-refractivity contribution in [3.05, 3.63) is 65.9 Å². The molecule has 0 unspecified atom stereocenters. The van der Waals surface area contributed by atoms with Crippen LogP contribution in [0.4, 0.5) is 0 Å². The molecule has 0 bridgehead atoms. The fraction of sp³-hybridized carbons (Fsp3) is 0.158. The van der Waals surface area contributed by atoms with Crippen molar-refractivity contribution in [1.29, 1.82) is 0 Å². The molecule has 4 rings (SSSR count). The van der Waals surface area contributed by atoms with E-state index in [0.29, 0.717) is 41.2 Å². The number of aromatic nitrogens is 4. The molecule has 7 heteroatoms. The van der Waals surface area contributed by atoms with Gasteiger partial charge < -0.3 is 13.7 Å². The summed E-state index contributed by atoms with van der Waals surface area (Å²) in [6.45, 7) is 1.86. The van der Waals surface area contributed by atoms with Crippen molar-refractivity contribution >= 4 is 0 Å². The van der Waals surface area contributed by atoms with Gasteiger partial charge in [0.15, 0.2) is 5.82 Å². The first-order valence-electron chi connectivity index (χ1n) is 8.08. The van der Waals surface area contributed by atoms with Crippen molar-refractivity contribution < 1.29 is 13.7 Å². The molecule has 130 valence electrons. The largest absolute Gasteiger partial charge is 0.496 e. The summed E-state index contributed by atoms with van der Waals surface area (Å²) < 4.78 is 16.5. The number of para-hydroxylation sites is 1. The molecule has 3 aromatic heterocycles. The average Bonchev–Trinajstić information content (AvgIpc) is 3.30. The summed E-state index contributed by atoms with van der Waals surface area (Å²) in [7, 11) is 1.62. The van der Waals surface area contributed by atoms with Crippen molar-refractivity contribution in [2.45, 2.75) is 13.3 Å². The second-order valence-electron chi connectivity index (χ2n) is 5.63.